The lowest BCUT2D eigenvalue weighted by molar-refractivity contribution is -0.130. The first-order valence-electron chi connectivity index (χ1n) is 6.69. The van der Waals surface area contributed by atoms with E-state index in [2.05, 4.69) is 10.6 Å². The zero-order valence-electron chi connectivity index (χ0n) is 11.9. The van der Waals surface area contributed by atoms with Crippen LogP contribution in [0, 0.1) is 5.92 Å². The minimum atomic E-state index is -0.897. The highest BCUT2D eigenvalue weighted by molar-refractivity contribution is 5.87. The molecule has 1 heterocycles. The molecule has 2 amide bonds. The zero-order chi connectivity index (χ0) is 14.5. The SMILES string of the molecule is CC(=O)NC(C(=O)NCC1(O)CCOCC1)C(C)C. The van der Waals surface area contributed by atoms with E-state index in [1.807, 2.05) is 13.8 Å². The summed E-state index contributed by atoms with van der Waals surface area (Å²) in [5.74, 6) is -0.503. The first-order valence-corrected chi connectivity index (χ1v) is 6.69. The molecule has 1 aliphatic rings. The van der Waals surface area contributed by atoms with Crippen LogP contribution < -0.4 is 10.6 Å². The summed E-state index contributed by atoms with van der Waals surface area (Å²) < 4.78 is 5.18. The molecule has 0 radical (unpaired) electrons. The Morgan fingerprint density at radius 3 is 2.37 bits per heavy atom. The van der Waals surface area contributed by atoms with Gasteiger partial charge in [0, 0.05) is 39.5 Å². The fourth-order valence-corrected chi connectivity index (χ4v) is 2.04. The van der Waals surface area contributed by atoms with Crippen molar-refractivity contribution in [3.8, 4) is 0 Å². The summed E-state index contributed by atoms with van der Waals surface area (Å²) in [5, 5.41) is 15.6. The van der Waals surface area contributed by atoms with Gasteiger partial charge >= 0.3 is 0 Å². The lowest BCUT2D eigenvalue weighted by atomic mass is 9.94. The lowest BCUT2D eigenvalue weighted by Gasteiger charge is -2.33. The number of nitrogens with one attached hydrogen (secondary N) is 2. The zero-order valence-corrected chi connectivity index (χ0v) is 11.9. The Morgan fingerprint density at radius 2 is 1.89 bits per heavy atom. The molecule has 0 saturated carbocycles. The lowest BCUT2D eigenvalue weighted by Crippen LogP contribution is -2.53. The third kappa shape index (κ3) is 5.16. The van der Waals surface area contributed by atoms with Gasteiger partial charge in [-0.25, -0.2) is 0 Å². The van der Waals surface area contributed by atoms with Crippen molar-refractivity contribution in [2.75, 3.05) is 19.8 Å². The second-order valence-corrected chi connectivity index (χ2v) is 5.48. The van der Waals surface area contributed by atoms with Gasteiger partial charge in [0.15, 0.2) is 0 Å². The van der Waals surface area contributed by atoms with Gasteiger partial charge in [-0.15, -0.1) is 0 Å². The number of carbonyl (C=O) groups is 2. The summed E-state index contributed by atoms with van der Waals surface area (Å²) in [6.45, 7) is 6.32. The van der Waals surface area contributed by atoms with Crippen molar-refractivity contribution in [3.05, 3.63) is 0 Å². The van der Waals surface area contributed by atoms with Crippen LogP contribution in [0.2, 0.25) is 0 Å². The van der Waals surface area contributed by atoms with Gasteiger partial charge in [0.25, 0.3) is 0 Å². The third-order valence-electron chi connectivity index (χ3n) is 3.32. The number of ether oxygens (including phenoxy) is 1. The molecule has 19 heavy (non-hydrogen) atoms. The Morgan fingerprint density at radius 1 is 1.32 bits per heavy atom. The van der Waals surface area contributed by atoms with Crippen LogP contribution in [0.5, 0.6) is 0 Å². The molecule has 6 heteroatoms. The van der Waals surface area contributed by atoms with Crippen LogP contribution in [0.3, 0.4) is 0 Å². The van der Waals surface area contributed by atoms with E-state index < -0.39 is 11.6 Å². The molecular formula is C13H24N2O4. The smallest absolute Gasteiger partial charge is 0.242 e. The molecule has 1 atom stereocenters. The third-order valence-corrected chi connectivity index (χ3v) is 3.32. The number of aliphatic hydroxyl groups is 1. The molecule has 3 N–H and O–H groups in total. The Hall–Kier alpha value is -1.14. The largest absolute Gasteiger partial charge is 0.388 e. The minimum Gasteiger partial charge on any atom is -0.388 e. The van der Waals surface area contributed by atoms with E-state index in [0.29, 0.717) is 26.1 Å². The predicted molar refractivity (Wildman–Crippen MR) is 70.5 cm³/mol. The Kier molecular flexibility index (Phi) is 5.75. The van der Waals surface area contributed by atoms with Gasteiger partial charge in [-0.2, -0.15) is 0 Å². The summed E-state index contributed by atoms with van der Waals surface area (Å²) in [6, 6.07) is -0.569. The van der Waals surface area contributed by atoms with Gasteiger partial charge in [0.05, 0.1) is 5.60 Å². The van der Waals surface area contributed by atoms with Crippen LogP contribution in [0.4, 0.5) is 0 Å². The number of rotatable bonds is 5. The number of carbonyl (C=O) groups excluding carboxylic acids is 2. The van der Waals surface area contributed by atoms with Crippen molar-refractivity contribution in [1.82, 2.24) is 10.6 Å². The van der Waals surface area contributed by atoms with Crippen molar-refractivity contribution in [2.45, 2.75) is 45.3 Å². The topological polar surface area (TPSA) is 87.7 Å². The first-order chi connectivity index (χ1) is 8.84. The van der Waals surface area contributed by atoms with Crippen molar-refractivity contribution in [1.29, 1.82) is 0 Å². The molecule has 1 aliphatic heterocycles. The van der Waals surface area contributed by atoms with Crippen LogP contribution >= 0.6 is 0 Å². The van der Waals surface area contributed by atoms with Crippen LogP contribution in [0.15, 0.2) is 0 Å². The molecule has 1 saturated heterocycles. The number of hydrogen-bond acceptors (Lipinski definition) is 4. The molecular weight excluding hydrogens is 248 g/mol. The summed E-state index contributed by atoms with van der Waals surface area (Å²) >= 11 is 0. The molecule has 1 fully saturated rings. The van der Waals surface area contributed by atoms with E-state index >= 15 is 0 Å². The Bertz CT molecular complexity index is 325. The monoisotopic (exact) mass is 272 g/mol. The highest BCUT2D eigenvalue weighted by atomic mass is 16.5. The first kappa shape index (κ1) is 15.9. The standard InChI is InChI=1S/C13H24N2O4/c1-9(2)11(15-10(3)16)12(17)14-8-13(18)4-6-19-7-5-13/h9,11,18H,4-8H2,1-3H3,(H,14,17)(H,15,16). The molecule has 0 spiro atoms. The fourth-order valence-electron chi connectivity index (χ4n) is 2.04. The summed E-state index contributed by atoms with van der Waals surface area (Å²) in [4.78, 5) is 23.1. The minimum absolute atomic E-state index is 0.00627. The fraction of sp³-hybridized carbons (Fsp3) is 0.846. The molecule has 0 aromatic carbocycles. The average Bonchev–Trinajstić information content (AvgIpc) is 2.33. The Balaban J connectivity index is 2.49. The molecule has 0 bridgehead atoms. The van der Waals surface area contributed by atoms with Crippen molar-refractivity contribution in [3.63, 3.8) is 0 Å². The molecule has 0 aromatic rings. The molecule has 0 aliphatic carbocycles. The maximum Gasteiger partial charge on any atom is 0.242 e. The van der Waals surface area contributed by atoms with E-state index in [-0.39, 0.29) is 24.3 Å². The molecule has 1 unspecified atom stereocenters. The second kappa shape index (κ2) is 6.86. The van der Waals surface area contributed by atoms with Gasteiger partial charge in [-0.3, -0.25) is 9.59 Å². The maximum absolute atomic E-state index is 12.0. The van der Waals surface area contributed by atoms with Crippen molar-refractivity contribution in [2.24, 2.45) is 5.92 Å². The van der Waals surface area contributed by atoms with Gasteiger partial charge < -0.3 is 20.5 Å². The number of hydrogen-bond donors (Lipinski definition) is 3. The average molecular weight is 272 g/mol. The van der Waals surface area contributed by atoms with Crippen LogP contribution in [0.25, 0.3) is 0 Å². The molecule has 1 rings (SSSR count). The van der Waals surface area contributed by atoms with Crippen LogP contribution in [0.1, 0.15) is 33.6 Å². The van der Waals surface area contributed by atoms with E-state index in [0.717, 1.165) is 0 Å². The quantitative estimate of drug-likeness (QED) is 0.647. The van der Waals surface area contributed by atoms with Gasteiger partial charge in [-0.1, -0.05) is 13.8 Å². The van der Waals surface area contributed by atoms with E-state index in [9.17, 15) is 14.7 Å². The van der Waals surface area contributed by atoms with Crippen LogP contribution in [-0.2, 0) is 14.3 Å². The number of amides is 2. The molecule has 0 aromatic heterocycles. The maximum atomic E-state index is 12.0. The summed E-state index contributed by atoms with van der Waals surface area (Å²) in [7, 11) is 0. The van der Waals surface area contributed by atoms with E-state index in [1.54, 1.807) is 0 Å². The Labute approximate surface area is 113 Å². The van der Waals surface area contributed by atoms with E-state index in [1.165, 1.54) is 6.92 Å². The second-order valence-electron chi connectivity index (χ2n) is 5.48. The van der Waals surface area contributed by atoms with Crippen LogP contribution in [-0.4, -0.2) is 48.3 Å². The van der Waals surface area contributed by atoms with E-state index in [4.69, 9.17) is 4.74 Å². The highest BCUT2D eigenvalue weighted by Gasteiger charge is 2.31. The molecule has 110 valence electrons. The highest BCUT2D eigenvalue weighted by Crippen LogP contribution is 2.19. The normalized spacial score (nSPS) is 19.8. The van der Waals surface area contributed by atoms with Gasteiger partial charge in [-0.05, 0) is 5.92 Å². The summed E-state index contributed by atoms with van der Waals surface area (Å²) in [6.07, 6.45) is 1.03. The van der Waals surface area contributed by atoms with Crippen molar-refractivity contribution >= 4 is 11.8 Å². The van der Waals surface area contributed by atoms with Gasteiger partial charge in [0.1, 0.15) is 6.04 Å². The predicted octanol–water partition coefficient (Wildman–Crippen LogP) is -0.195. The van der Waals surface area contributed by atoms with Crippen molar-refractivity contribution < 1.29 is 19.4 Å². The summed E-state index contributed by atoms with van der Waals surface area (Å²) in [5.41, 5.74) is -0.897. The van der Waals surface area contributed by atoms with Gasteiger partial charge in [0.2, 0.25) is 11.8 Å². The molecule has 6 nitrogen and oxygen atoms in total.